The van der Waals surface area contributed by atoms with Gasteiger partial charge in [0.1, 0.15) is 11.3 Å². The van der Waals surface area contributed by atoms with Crippen molar-refractivity contribution in [1.29, 1.82) is 0 Å². The summed E-state index contributed by atoms with van der Waals surface area (Å²) in [4.78, 5) is 13.3. The fraction of sp³-hybridized carbons (Fsp3) is 0.462. The molecule has 1 N–H and O–H groups in total. The molecule has 0 unspecified atom stereocenters. The maximum Gasteiger partial charge on any atom is 0.339 e. The Morgan fingerprint density at radius 1 is 1.44 bits per heavy atom. The smallest absolute Gasteiger partial charge is 0.339 e. The van der Waals surface area contributed by atoms with E-state index in [1.807, 2.05) is 6.07 Å². The van der Waals surface area contributed by atoms with Crippen LogP contribution in [0.1, 0.15) is 15.9 Å². The van der Waals surface area contributed by atoms with Gasteiger partial charge in [-0.1, -0.05) is 6.07 Å². The number of nitrogens with zero attached hydrogens (tertiary/aromatic N) is 1. The number of ether oxygens (including phenoxy) is 2. The Balaban J connectivity index is 2.11. The largest absolute Gasteiger partial charge is 0.496 e. The number of rotatable bonds is 4. The monoisotopic (exact) mass is 251 g/mol. The molecule has 5 nitrogen and oxygen atoms in total. The normalized spacial score (nSPS) is 16.5. The van der Waals surface area contributed by atoms with Crippen LogP contribution in [0, 0.1) is 0 Å². The van der Waals surface area contributed by atoms with E-state index in [9.17, 15) is 4.79 Å². The Morgan fingerprint density at radius 3 is 2.78 bits per heavy atom. The minimum Gasteiger partial charge on any atom is -0.496 e. The number of hydrogen-bond donors (Lipinski definition) is 1. The molecule has 98 valence electrons. The predicted molar refractivity (Wildman–Crippen MR) is 66.0 cm³/mol. The standard InChI is InChI=1S/C13H17NO4/c1-17-12-8-10(2-3-11(12)13(15)16)9-14-4-6-18-7-5-14/h2-3,8H,4-7,9H2,1H3,(H,15,16). The van der Waals surface area contributed by atoms with Gasteiger partial charge in [0.05, 0.1) is 20.3 Å². The molecule has 0 saturated carbocycles. The lowest BCUT2D eigenvalue weighted by Gasteiger charge is -2.26. The van der Waals surface area contributed by atoms with Gasteiger partial charge in [-0.3, -0.25) is 4.90 Å². The van der Waals surface area contributed by atoms with Crippen molar-refractivity contribution < 1.29 is 19.4 Å². The van der Waals surface area contributed by atoms with Gasteiger partial charge in [-0.05, 0) is 17.7 Å². The SMILES string of the molecule is COc1cc(CN2CCOCC2)ccc1C(=O)O. The van der Waals surface area contributed by atoms with Crippen LogP contribution in [0.5, 0.6) is 5.75 Å². The van der Waals surface area contributed by atoms with Crippen LogP contribution in [0.15, 0.2) is 18.2 Å². The van der Waals surface area contributed by atoms with Crippen LogP contribution in [-0.4, -0.2) is 49.4 Å². The molecule has 0 bridgehead atoms. The zero-order valence-electron chi connectivity index (χ0n) is 10.4. The van der Waals surface area contributed by atoms with Crippen LogP contribution in [0.3, 0.4) is 0 Å². The lowest BCUT2D eigenvalue weighted by molar-refractivity contribution is 0.0341. The van der Waals surface area contributed by atoms with E-state index in [1.54, 1.807) is 12.1 Å². The number of morpholine rings is 1. The Morgan fingerprint density at radius 2 is 2.17 bits per heavy atom. The van der Waals surface area contributed by atoms with Gasteiger partial charge < -0.3 is 14.6 Å². The highest BCUT2D eigenvalue weighted by Crippen LogP contribution is 2.21. The van der Waals surface area contributed by atoms with E-state index >= 15 is 0 Å². The van der Waals surface area contributed by atoms with Crippen molar-refractivity contribution >= 4 is 5.97 Å². The number of hydrogen-bond acceptors (Lipinski definition) is 4. The summed E-state index contributed by atoms with van der Waals surface area (Å²) in [5.74, 6) is -0.557. The van der Waals surface area contributed by atoms with E-state index < -0.39 is 5.97 Å². The second-order valence-electron chi connectivity index (χ2n) is 4.23. The molecule has 0 radical (unpaired) electrons. The molecular weight excluding hydrogens is 234 g/mol. The fourth-order valence-electron chi connectivity index (χ4n) is 2.03. The number of benzene rings is 1. The average molecular weight is 251 g/mol. The number of aromatic carboxylic acids is 1. The molecule has 0 spiro atoms. The van der Waals surface area contributed by atoms with Gasteiger partial charge in [0.15, 0.2) is 0 Å². The molecule has 0 atom stereocenters. The third kappa shape index (κ3) is 3.00. The van der Waals surface area contributed by atoms with Crippen molar-refractivity contribution in [3.8, 4) is 5.75 Å². The highest BCUT2D eigenvalue weighted by molar-refractivity contribution is 5.90. The molecular formula is C13H17NO4. The van der Waals surface area contributed by atoms with Crippen LogP contribution in [0.4, 0.5) is 0 Å². The quantitative estimate of drug-likeness (QED) is 0.872. The second-order valence-corrected chi connectivity index (χ2v) is 4.23. The zero-order valence-corrected chi connectivity index (χ0v) is 10.4. The van der Waals surface area contributed by atoms with E-state index in [0.717, 1.165) is 38.4 Å². The number of carboxylic acid groups (broad SMARTS) is 1. The number of carboxylic acids is 1. The summed E-state index contributed by atoms with van der Waals surface area (Å²) < 4.78 is 10.4. The van der Waals surface area contributed by atoms with Gasteiger partial charge in [-0.25, -0.2) is 4.79 Å². The molecule has 2 rings (SSSR count). The van der Waals surface area contributed by atoms with Crippen molar-refractivity contribution in [3.63, 3.8) is 0 Å². The van der Waals surface area contributed by atoms with E-state index in [1.165, 1.54) is 7.11 Å². The molecule has 1 heterocycles. The second kappa shape index (κ2) is 5.84. The van der Waals surface area contributed by atoms with Crippen LogP contribution in [0.25, 0.3) is 0 Å². The first kappa shape index (κ1) is 12.9. The van der Waals surface area contributed by atoms with Crippen molar-refractivity contribution in [1.82, 2.24) is 4.90 Å². The predicted octanol–water partition coefficient (Wildman–Crippen LogP) is 1.23. The Labute approximate surface area is 106 Å². The maximum absolute atomic E-state index is 11.0. The van der Waals surface area contributed by atoms with E-state index in [0.29, 0.717) is 5.75 Å². The van der Waals surface area contributed by atoms with E-state index in [-0.39, 0.29) is 5.56 Å². The minimum atomic E-state index is -0.968. The highest BCUT2D eigenvalue weighted by atomic mass is 16.5. The summed E-state index contributed by atoms with van der Waals surface area (Å²) in [5.41, 5.74) is 1.25. The first-order valence-corrected chi connectivity index (χ1v) is 5.91. The Hall–Kier alpha value is -1.59. The Bertz CT molecular complexity index is 427. The maximum atomic E-state index is 11.0. The summed E-state index contributed by atoms with van der Waals surface area (Å²) in [5, 5.41) is 9.00. The minimum absolute atomic E-state index is 0.197. The summed E-state index contributed by atoms with van der Waals surface area (Å²) >= 11 is 0. The van der Waals surface area contributed by atoms with Gasteiger partial charge in [0, 0.05) is 19.6 Å². The van der Waals surface area contributed by atoms with Gasteiger partial charge in [-0.15, -0.1) is 0 Å². The topological polar surface area (TPSA) is 59.0 Å². The third-order valence-electron chi connectivity index (χ3n) is 3.01. The first-order valence-electron chi connectivity index (χ1n) is 5.91. The van der Waals surface area contributed by atoms with Gasteiger partial charge in [-0.2, -0.15) is 0 Å². The lowest BCUT2D eigenvalue weighted by atomic mass is 10.1. The molecule has 1 aliphatic rings. The summed E-state index contributed by atoms with van der Waals surface area (Å²) in [6.45, 7) is 4.11. The van der Waals surface area contributed by atoms with Crippen molar-refractivity contribution in [2.45, 2.75) is 6.54 Å². The van der Waals surface area contributed by atoms with E-state index in [2.05, 4.69) is 4.90 Å². The lowest BCUT2D eigenvalue weighted by Crippen LogP contribution is -2.35. The molecule has 1 fully saturated rings. The van der Waals surface area contributed by atoms with Crippen LogP contribution in [0.2, 0.25) is 0 Å². The first-order chi connectivity index (χ1) is 8.70. The molecule has 18 heavy (non-hydrogen) atoms. The molecule has 5 heteroatoms. The van der Waals surface area contributed by atoms with Gasteiger partial charge in [0.25, 0.3) is 0 Å². The van der Waals surface area contributed by atoms with Crippen molar-refractivity contribution in [2.75, 3.05) is 33.4 Å². The molecule has 0 aromatic heterocycles. The molecule has 1 aromatic rings. The summed E-state index contributed by atoms with van der Waals surface area (Å²) in [6, 6.07) is 5.22. The average Bonchev–Trinajstić information content (AvgIpc) is 2.39. The van der Waals surface area contributed by atoms with Crippen LogP contribution < -0.4 is 4.74 Å². The number of methoxy groups -OCH3 is 1. The summed E-state index contributed by atoms with van der Waals surface area (Å²) in [6.07, 6.45) is 0. The number of carbonyl (C=O) groups is 1. The van der Waals surface area contributed by atoms with E-state index in [4.69, 9.17) is 14.6 Å². The molecule has 1 aromatic carbocycles. The van der Waals surface area contributed by atoms with Crippen LogP contribution in [-0.2, 0) is 11.3 Å². The third-order valence-corrected chi connectivity index (χ3v) is 3.01. The summed E-state index contributed by atoms with van der Waals surface area (Å²) in [7, 11) is 1.49. The molecule has 0 aliphatic carbocycles. The van der Waals surface area contributed by atoms with Crippen molar-refractivity contribution in [2.24, 2.45) is 0 Å². The zero-order chi connectivity index (χ0) is 13.0. The Kier molecular flexibility index (Phi) is 4.17. The molecule has 1 aliphatic heterocycles. The fourth-order valence-corrected chi connectivity index (χ4v) is 2.03. The molecule has 0 amide bonds. The highest BCUT2D eigenvalue weighted by Gasteiger charge is 2.14. The van der Waals surface area contributed by atoms with Gasteiger partial charge >= 0.3 is 5.97 Å². The molecule has 1 saturated heterocycles. The van der Waals surface area contributed by atoms with Gasteiger partial charge in [0.2, 0.25) is 0 Å². The van der Waals surface area contributed by atoms with Crippen molar-refractivity contribution in [3.05, 3.63) is 29.3 Å². The van der Waals surface area contributed by atoms with Crippen LogP contribution >= 0.6 is 0 Å².